The van der Waals surface area contributed by atoms with Crippen LogP contribution in [0.5, 0.6) is 0 Å². The highest BCUT2D eigenvalue weighted by molar-refractivity contribution is 7.10. The van der Waals surface area contributed by atoms with Crippen LogP contribution in [-0.2, 0) is 11.2 Å². The number of thiophene rings is 1. The molecule has 7 rings (SSSR count). The maximum atomic E-state index is 15.2. The molecule has 3 aromatic heterocycles. The third kappa shape index (κ3) is 3.75. The first kappa shape index (κ1) is 22.6. The lowest BCUT2D eigenvalue weighted by atomic mass is 10.0. The number of carbonyl (C=O) groups excluding carboxylic acids is 1. The zero-order valence-corrected chi connectivity index (χ0v) is 21.0. The Kier molecular flexibility index (Phi) is 5.01. The van der Waals surface area contributed by atoms with Gasteiger partial charge in [-0.05, 0) is 79.3 Å². The molecular formula is C28H25FN4O3S. The van der Waals surface area contributed by atoms with Gasteiger partial charge in [0.15, 0.2) is 5.65 Å². The van der Waals surface area contributed by atoms with Gasteiger partial charge in [0.25, 0.3) is 5.91 Å². The molecule has 0 radical (unpaired) electrons. The summed E-state index contributed by atoms with van der Waals surface area (Å²) in [5.41, 5.74) is 4.55. The minimum atomic E-state index is -0.839. The Morgan fingerprint density at radius 3 is 2.73 bits per heavy atom. The maximum absolute atomic E-state index is 15.2. The number of hydrogen-bond donors (Lipinski definition) is 1. The molecule has 1 N–H and O–H groups in total. The molecule has 7 nitrogen and oxygen atoms in total. The van der Waals surface area contributed by atoms with Crippen LogP contribution in [0.1, 0.15) is 76.3 Å². The highest BCUT2D eigenvalue weighted by atomic mass is 32.1. The van der Waals surface area contributed by atoms with Crippen molar-refractivity contribution in [3.05, 3.63) is 75.0 Å². The lowest BCUT2D eigenvalue weighted by molar-refractivity contribution is -0.138. The first-order chi connectivity index (χ1) is 17.9. The van der Waals surface area contributed by atoms with Crippen LogP contribution >= 0.6 is 11.3 Å². The first-order valence-corrected chi connectivity index (χ1v) is 13.6. The predicted octanol–water partition coefficient (Wildman–Crippen LogP) is 5.42. The third-order valence-corrected chi connectivity index (χ3v) is 9.01. The third-order valence-electron chi connectivity index (χ3n) is 8.01. The normalized spacial score (nSPS) is 22.8. The highest BCUT2D eigenvalue weighted by Crippen LogP contribution is 2.48. The van der Waals surface area contributed by atoms with Crippen molar-refractivity contribution in [2.24, 2.45) is 5.92 Å². The van der Waals surface area contributed by atoms with E-state index in [9.17, 15) is 14.7 Å². The Bertz CT molecular complexity index is 1590. The van der Waals surface area contributed by atoms with Gasteiger partial charge in [0.05, 0.1) is 17.7 Å². The monoisotopic (exact) mass is 516 g/mol. The Labute approximate surface area is 216 Å². The van der Waals surface area contributed by atoms with Gasteiger partial charge < -0.3 is 10.0 Å². The summed E-state index contributed by atoms with van der Waals surface area (Å²) in [6.07, 6.45) is 3.43. The van der Waals surface area contributed by atoms with Gasteiger partial charge in [-0.15, -0.1) is 11.3 Å². The number of halogens is 1. The van der Waals surface area contributed by atoms with Gasteiger partial charge in [-0.3, -0.25) is 9.59 Å². The molecule has 37 heavy (non-hydrogen) atoms. The summed E-state index contributed by atoms with van der Waals surface area (Å²) >= 11 is 1.74. The number of amides is 1. The second kappa shape index (κ2) is 8.21. The van der Waals surface area contributed by atoms with Gasteiger partial charge in [-0.25, -0.2) is 13.9 Å². The van der Waals surface area contributed by atoms with E-state index in [1.807, 2.05) is 11.0 Å². The molecule has 0 saturated heterocycles. The molecule has 1 amide bonds. The topological polar surface area (TPSA) is 87.8 Å². The molecule has 2 saturated carbocycles. The molecular weight excluding hydrogens is 491 g/mol. The van der Waals surface area contributed by atoms with Crippen molar-refractivity contribution >= 4 is 28.9 Å². The maximum Gasteiger partial charge on any atom is 0.307 e. The number of carboxylic acids is 1. The molecule has 3 aliphatic rings. The highest BCUT2D eigenvalue weighted by Gasteiger charge is 2.44. The van der Waals surface area contributed by atoms with E-state index >= 15 is 4.39 Å². The van der Waals surface area contributed by atoms with Crippen LogP contribution in [0.25, 0.3) is 16.9 Å². The zero-order valence-electron chi connectivity index (χ0n) is 20.2. The number of nitrogens with zero attached hydrogens (tertiary/aromatic N) is 4. The van der Waals surface area contributed by atoms with Crippen LogP contribution in [-0.4, -0.2) is 43.0 Å². The SMILES string of the molecule is CC1c2ccsc2CCN1C(=O)c1cc(C2CC2)n2nc(-c3ccc(C4C[C@H]4C(=O)O)cc3F)cc2n1. The molecule has 1 aliphatic heterocycles. The number of carboxylic acid groups (broad SMARTS) is 1. The van der Waals surface area contributed by atoms with Crippen molar-refractivity contribution in [1.29, 1.82) is 0 Å². The summed E-state index contributed by atoms with van der Waals surface area (Å²) in [6.45, 7) is 2.72. The van der Waals surface area contributed by atoms with Crippen LogP contribution in [0.15, 0.2) is 41.8 Å². The van der Waals surface area contributed by atoms with Crippen molar-refractivity contribution in [1.82, 2.24) is 19.5 Å². The van der Waals surface area contributed by atoms with Crippen LogP contribution in [0.4, 0.5) is 4.39 Å². The Morgan fingerprint density at radius 2 is 2.00 bits per heavy atom. The molecule has 9 heteroatoms. The van der Waals surface area contributed by atoms with Crippen LogP contribution in [0.3, 0.4) is 0 Å². The molecule has 1 aromatic carbocycles. The van der Waals surface area contributed by atoms with Crippen molar-refractivity contribution in [3.63, 3.8) is 0 Å². The molecule has 2 aliphatic carbocycles. The number of aromatic nitrogens is 3. The van der Waals surface area contributed by atoms with E-state index < -0.39 is 17.7 Å². The number of aliphatic carboxylic acids is 1. The largest absolute Gasteiger partial charge is 0.481 e. The second-order valence-corrected chi connectivity index (χ2v) is 11.4. The fourth-order valence-corrected chi connectivity index (χ4v) is 6.61. The zero-order chi connectivity index (χ0) is 25.4. The van der Waals surface area contributed by atoms with E-state index in [0.717, 1.165) is 25.0 Å². The average Bonchev–Trinajstić information content (AvgIpc) is 3.79. The van der Waals surface area contributed by atoms with Gasteiger partial charge >= 0.3 is 5.97 Å². The summed E-state index contributed by atoms with van der Waals surface area (Å²) < 4.78 is 16.9. The van der Waals surface area contributed by atoms with Gasteiger partial charge in [0.1, 0.15) is 11.5 Å². The van der Waals surface area contributed by atoms with E-state index in [1.165, 1.54) is 16.5 Å². The summed E-state index contributed by atoms with van der Waals surface area (Å²) in [5.74, 6) is -1.63. The first-order valence-electron chi connectivity index (χ1n) is 12.7. The van der Waals surface area contributed by atoms with Crippen LogP contribution in [0.2, 0.25) is 0 Å². The standard InChI is InChI=1S/C28H25FN4O3S/c1-14-17-7-9-37-25(17)6-8-32(14)27(34)23-12-24(15-2-3-15)33-26(30-23)13-22(31-33)18-5-4-16(10-21(18)29)19-11-20(19)28(35)36/h4-5,7,9-10,12-15,19-20H,2-3,6,8,11H2,1H3,(H,35,36)/t14?,19?,20-/m1/s1. The summed E-state index contributed by atoms with van der Waals surface area (Å²) in [4.78, 5) is 32.8. The minimum Gasteiger partial charge on any atom is -0.481 e. The van der Waals surface area contributed by atoms with E-state index in [0.29, 0.717) is 47.0 Å². The van der Waals surface area contributed by atoms with Gasteiger partial charge in [-0.1, -0.05) is 6.07 Å². The van der Waals surface area contributed by atoms with Crippen molar-refractivity contribution in [3.8, 4) is 11.3 Å². The number of carbonyl (C=O) groups is 2. The molecule has 0 bridgehead atoms. The second-order valence-electron chi connectivity index (χ2n) is 10.4. The molecule has 188 valence electrons. The number of benzene rings is 1. The predicted molar refractivity (Wildman–Crippen MR) is 136 cm³/mol. The number of hydrogen-bond acceptors (Lipinski definition) is 5. The summed E-state index contributed by atoms with van der Waals surface area (Å²) in [5, 5.41) is 16.0. The average molecular weight is 517 g/mol. The Morgan fingerprint density at radius 1 is 1.16 bits per heavy atom. The molecule has 0 spiro atoms. The van der Waals surface area contributed by atoms with E-state index in [2.05, 4.69) is 28.5 Å². The Hall–Kier alpha value is -3.59. The van der Waals surface area contributed by atoms with E-state index in [-0.39, 0.29) is 17.9 Å². The fraction of sp³-hybridized carbons (Fsp3) is 0.357. The van der Waals surface area contributed by atoms with E-state index in [1.54, 1.807) is 34.1 Å². The van der Waals surface area contributed by atoms with Crippen LogP contribution < -0.4 is 0 Å². The lowest BCUT2D eigenvalue weighted by Gasteiger charge is -2.33. The number of rotatable bonds is 5. The summed E-state index contributed by atoms with van der Waals surface area (Å²) in [6, 6.07) is 10.6. The van der Waals surface area contributed by atoms with E-state index in [4.69, 9.17) is 0 Å². The van der Waals surface area contributed by atoms with Crippen LogP contribution in [0, 0.1) is 11.7 Å². The van der Waals surface area contributed by atoms with Gasteiger partial charge in [-0.2, -0.15) is 5.10 Å². The minimum absolute atomic E-state index is 0.00910. The van der Waals surface area contributed by atoms with Crippen molar-refractivity contribution in [2.45, 2.75) is 50.5 Å². The molecule has 2 unspecified atom stereocenters. The summed E-state index contributed by atoms with van der Waals surface area (Å²) in [7, 11) is 0. The molecule has 2 fully saturated rings. The molecule has 4 aromatic rings. The Balaban J connectivity index is 1.24. The lowest BCUT2D eigenvalue weighted by Crippen LogP contribution is -2.38. The van der Waals surface area contributed by atoms with Gasteiger partial charge in [0.2, 0.25) is 0 Å². The quantitative estimate of drug-likeness (QED) is 0.383. The molecule has 3 atom stereocenters. The van der Waals surface area contributed by atoms with Crippen molar-refractivity contribution < 1.29 is 19.1 Å². The van der Waals surface area contributed by atoms with Gasteiger partial charge in [0, 0.05) is 34.7 Å². The molecule has 4 heterocycles. The smallest absolute Gasteiger partial charge is 0.307 e. The number of fused-ring (bicyclic) bond motifs is 2. The fourth-order valence-electron chi connectivity index (χ4n) is 5.65. The van der Waals surface area contributed by atoms with Crippen molar-refractivity contribution in [2.75, 3.05) is 6.54 Å².